The van der Waals surface area contributed by atoms with Gasteiger partial charge in [0, 0.05) is 35.4 Å². The average Bonchev–Trinajstić information content (AvgIpc) is 2.87. The van der Waals surface area contributed by atoms with E-state index in [0.29, 0.717) is 5.69 Å². The van der Waals surface area contributed by atoms with Crippen LogP contribution in [0.2, 0.25) is 0 Å². The summed E-state index contributed by atoms with van der Waals surface area (Å²) in [4.78, 5) is 25.1. The van der Waals surface area contributed by atoms with Gasteiger partial charge in [0.25, 0.3) is 5.91 Å². The van der Waals surface area contributed by atoms with Crippen molar-refractivity contribution in [1.82, 2.24) is 15.0 Å². The predicted octanol–water partition coefficient (Wildman–Crippen LogP) is 4.36. The SMILES string of the molecule is NC(=O)c1cc(F)c(N[C@@H]2CCCC[C@@H]2N)nc1Nc1cncc(-c2ccc3cccnc3c2)c1. The van der Waals surface area contributed by atoms with Gasteiger partial charge in [0.15, 0.2) is 11.6 Å². The lowest BCUT2D eigenvalue weighted by atomic mass is 9.91. The first-order chi connectivity index (χ1) is 17.0. The first-order valence-electron chi connectivity index (χ1n) is 11.6. The van der Waals surface area contributed by atoms with Gasteiger partial charge < -0.3 is 22.1 Å². The van der Waals surface area contributed by atoms with E-state index in [0.717, 1.165) is 53.8 Å². The van der Waals surface area contributed by atoms with Gasteiger partial charge in [0.05, 0.1) is 23.0 Å². The fourth-order valence-corrected chi connectivity index (χ4v) is 4.44. The van der Waals surface area contributed by atoms with E-state index in [1.165, 1.54) is 0 Å². The highest BCUT2D eigenvalue weighted by Crippen LogP contribution is 2.29. The van der Waals surface area contributed by atoms with Crippen molar-refractivity contribution in [2.45, 2.75) is 37.8 Å². The number of halogens is 1. The number of nitrogens with one attached hydrogen (secondary N) is 2. The van der Waals surface area contributed by atoms with Crippen LogP contribution in [0.3, 0.4) is 0 Å². The van der Waals surface area contributed by atoms with Crippen LogP contribution in [0.1, 0.15) is 36.0 Å². The third kappa shape index (κ3) is 4.90. The second-order valence-corrected chi connectivity index (χ2v) is 8.78. The lowest BCUT2D eigenvalue weighted by molar-refractivity contribution is 0.100. The zero-order valence-electron chi connectivity index (χ0n) is 19.0. The van der Waals surface area contributed by atoms with Gasteiger partial charge in [-0.15, -0.1) is 0 Å². The average molecular weight is 472 g/mol. The summed E-state index contributed by atoms with van der Waals surface area (Å²) in [5.74, 6) is -1.27. The Kier molecular flexibility index (Phi) is 6.24. The van der Waals surface area contributed by atoms with Gasteiger partial charge in [0.1, 0.15) is 5.82 Å². The molecular formula is C26H26FN7O. The molecule has 3 heterocycles. The van der Waals surface area contributed by atoms with Gasteiger partial charge in [0.2, 0.25) is 0 Å². The van der Waals surface area contributed by atoms with E-state index in [4.69, 9.17) is 11.5 Å². The van der Waals surface area contributed by atoms with Gasteiger partial charge in [-0.05, 0) is 42.7 Å². The van der Waals surface area contributed by atoms with E-state index in [1.807, 2.05) is 36.4 Å². The minimum Gasteiger partial charge on any atom is -0.365 e. The predicted molar refractivity (Wildman–Crippen MR) is 135 cm³/mol. The molecule has 35 heavy (non-hydrogen) atoms. The van der Waals surface area contributed by atoms with Crippen LogP contribution >= 0.6 is 0 Å². The van der Waals surface area contributed by atoms with E-state index in [-0.39, 0.29) is 29.3 Å². The second-order valence-electron chi connectivity index (χ2n) is 8.78. The molecule has 4 aromatic rings. The zero-order valence-corrected chi connectivity index (χ0v) is 19.0. The van der Waals surface area contributed by atoms with Crippen LogP contribution in [0.15, 0.2) is 61.1 Å². The van der Waals surface area contributed by atoms with Crippen molar-refractivity contribution in [2.24, 2.45) is 11.5 Å². The van der Waals surface area contributed by atoms with Gasteiger partial charge in [-0.25, -0.2) is 9.37 Å². The van der Waals surface area contributed by atoms with Crippen LogP contribution in [0.5, 0.6) is 0 Å². The van der Waals surface area contributed by atoms with Crippen molar-refractivity contribution in [3.05, 3.63) is 72.4 Å². The number of carbonyl (C=O) groups excluding carboxylic acids is 1. The lowest BCUT2D eigenvalue weighted by Crippen LogP contribution is -2.43. The summed E-state index contributed by atoms with van der Waals surface area (Å²) >= 11 is 0. The summed E-state index contributed by atoms with van der Waals surface area (Å²) in [6, 6.07) is 12.7. The van der Waals surface area contributed by atoms with E-state index < -0.39 is 11.7 Å². The van der Waals surface area contributed by atoms with Gasteiger partial charge in [-0.2, -0.15) is 0 Å². The second kappa shape index (κ2) is 9.63. The molecule has 1 aliphatic rings. The molecule has 1 fully saturated rings. The molecule has 0 unspecified atom stereocenters. The van der Waals surface area contributed by atoms with Crippen molar-refractivity contribution in [1.29, 1.82) is 0 Å². The molecule has 178 valence electrons. The molecule has 1 amide bonds. The van der Waals surface area contributed by atoms with Crippen LogP contribution < -0.4 is 22.1 Å². The number of hydrogen-bond donors (Lipinski definition) is 4. The van der Waals surface area contributed by atoms with Crippen LogP contribution in [0.25, 0.3) is 22.0 Å². The maximum Gasteiger partial charge on any atom is 0.252 e. The Morgan fingerprint density at radius 3 is 2.71 bits per heavy atom. The minimum absolute atomic E-state index is 0.0320. The highest BCUT2D eigenvalue weighted by atomic mass is 19.1. The fraction of sp³-hybridized carbons (Fsp3) is 0.231. The molecule has 6 N–H and O–H groups in total. The van der Waals surface area contributed by atoms with Gasteiger partial charge in [-0.1, -0.05) is 31.0 Å². The third-order valence-electron chi connectivity index (χ3n) is 6.32. The van der Waals surface area contributed by atoms with Crippen molar-refractivity contribution >= 4 is 34.1 Å². The molecule has 9 heteroatoms. The van der Waals surface area contributed by atoms with E-state index in [2.05, 4.69) is 25.6 Å². The maximum absolute atomic E-state index is 14.8. The summed E-state index contributed by atoms with van der Waals surface area (Å²) in [6.45, 7) is 0. The van der Waals surface area contributed by atoms with Crippen molar-refractivity contribution in [2.75, 3.05) is 10.6 Å². The van der Waals surface area contributed by atoms with Crippen LogP contribution in [0.4, 0.5) is 21.7 Å². The molecule has 3 aromatic heterocycles. The summed E-state index contributed by atoms with van der Waals surface area (Å²) < 4.78 is 14.8. The largest absolute Gasteiger partial charge is 0.365 e. The normalized spacial score (nSPS) is 17.8. The quantitative estimate of drug-likeness (QED) is 0.329. The van der Waals surface area contributed by atoms with Crippen LogP contribution in [0, 0.1) is 5.82 Å². The van der Waals surface area contributed by atoms with Crippen molar-refractivity contribution in [3.63, 3.8) is 0 Å². The topological polar surface area (TPSA) is 132 Å². The maximum atomic E-state index is 14.8. The fourth-order valence-electron chi connectivity index (χ4n) is 4.44. The van der Waals surface area contributed by atoms with Gasteiger partial charge in [-0.3, -0.25) is 14.8 Å². The summed E-state index contributed by atoms with van der Waals surface area (Å²) in [6.07, 6.45) is 8.85. The highest BCUT2D eigenvalue weighted by Gasteiger charge is 2.24. The number of pyridine rings is 3. The minimum atomic E-state index is -0.787. The molecule has 1 aliphatic carbocycles. The van der Waals surface area contributed by atoms with Crippen molar-refractivity contribution < 1.29 is 9.18 Å². The molecule has 0 aliphatic heterocycles. The summed E-state index contributed by atoms with van der Waals surface area (Å²) in [7, 11) is 0. The molecule has 2 atom stereocenters. The molecule has 0 saturated heterocycles. The number of primary amides is 1. The van der Waals surface area contributed by atoms with Gasteiger partial charge >= 0.3 is 0 Å². The number of nitrogens with zero attached hydrogens (tertiary/aromatic N) is 3. The van der Waals surface area contributed by atoms with Crippen LogP contribution in [-0.4, -0.2) is 32.9 Å². The molecule has 5 rings (SSSR count). The Hall–Kier alpha value is -4.11. The number of hydrogen-bond acceptors (Lipinski definition) is 7. The van der Waals surface area contributed by atoms with E-state index in [1.54, 1.807) is 18.6 Å². The molecule has 0 radical (unpaired) electrons. The standard InChI is InChI=1S/C26H26FN7O/c27-20-12-19(24(29)35)25(34-26(20)33-22-6-2-1-5-21(22)28)32-18-10-17(13-30-14-18)16-8-7-15-4-3-9-31-23(15)11-16/h3-4,7-14,21-22H,1-2,5-6,28H2,(H2,29,35)(H2,32,33,34)/t21-,22+/m0/s1. The Morgan fingerprint density at radius 2 is 1.89 bits per heavy atom. The molecule has 0 spiro atoms. The highest BCUT2D eigenvalue weighted by molar-refractivity contribution is 5.98. The third-order valence-corrected chi connectivity index (χ3v) is 6.32. The number of carbonyl (C=O) groups is 1. The number of fused-ring (bicyclic) bond motifs is 1. The molecule has 1 aromatic carbocycles. The molecular weight excluding hydrogens is 445 g/mol. The Bertz CT molecular complexity index is 1390. The summed E-state index contributed by atoms with van der Waals surface area (Å²) in [5.41, 5.74) is 14.9. The number of amides is 1. The number of nitrogens with two attached hydrogens (primary N) is 2. The number of anilines is 3. The van der Waals surface area contributed by atoms with Crippen molar-refractivity contribution in [3.8, 4) is 11.1 Å². The lowest BCUT2D eigenvalue weighted by Gasteiger charge is -2.30. The van der Waals surface area contributed by atoms with Crippen LogP contribution in [-0.2, 0) is 0 Å². The molecule has 0 bridgehead atoms. The number of benzene rings is 1. The van der Waals surface area contributed by atoms with E-state index >= 15 is 0 Å². The zero-order chi connectivity index (χ0) is 24.4. The number of aromatic nitrogens is 3. The Morgan fingerprint density at radius 1 is 1.03 bits per heavy atom. The van der Waals surface area contributed by atoms with E-state index in [9.17, 15) is 9.18 Å². The number of rotatable bonds is 6. The monoisotopic (exact) mass is 471 g/mol. The summed E-state index contributed by atoms with van der Waals surface area (Å²) in [5, 5.41) is 7.25. The Labute approximate surface area is 202 Å². The first kappa shape index (κ1) is 22.7. The first-order valence-corrected chi connectivity index (χ1v) is 11.6. The smallest absolute Gasteiger partial charge is 0.252 e. The molecule has 1 saturated carbocycles. The Balaban J connectivity index is 1.46. The molecule has 8 nitrogen and oxygen atoms in total.